The third-order valence-corrected chi connectivity index (χ3v) is 4.20. The number of hydrogen-bond acceptors (Lipinski definition) is 5. The van der Waals surface area contributed by atoms with Crippen LogP contribution in [0.15, 0.2) is 41.3 Å². The van der Waals surface area contributed by atoms with Gasteiger partial charge in [-0.3, -0.25) is 4.90 Å². The molecule has 0 saturated heterocycles. The van der Waals surface area contributed by atoms with Crippen LogP contribution in [0.4, 0.5) is 0 Å². The third kappa shape index (κ3) is 2.03. The topological polar surface area (TPSA) is 73.1 Å². The van der Waals surface area contributed by atoms with Crippen molar-refractivity contribution in [3.8, 4) is 0 Å². The van der Waals surface area contributed by atoms with Gasteiger partial charge in [0.25, 0.3) is 0 Å². The molecule has 0 spiro atoms. The van der Waals surface area contributed by atoms with E-state index in [0.29, 0.717) is 6.54 Å². The second-order valence-corrected chi connectivity index (χ2v) is 5.35. The predicted molar refractivity (Wildman–Crippen MR) is 78.4 cm³/mol. The van der Waals surface area contributed by atoms with E-state index in [1.165, 1.54) is 0 Å². The highest BCUT2D eigenvalue weighted by Gasteiger charge is 2.27. The first-order valence-electron chi connectivity index (χ1n) is 7.14. The Morgan fingerprint density at radius 2 is 2.19 bits per heavy atom. The van der Waals surface area contributed by atoms with Gasteiger partial charge >= 0.3 is 0 Å². The van der Waals surface area contributed by atoms with E-state index in [1.807, 2.05) is 24.5 Å². The van der Waals surface area contributed by atoms with E-state index in [2.05, 4.69) is 25.7 Å². The molecule has 4 rings (SSSR count). The van der Waals surface area contributed by atoms with E-state index in [-0.39, 0.29) is 6.04 Å². The zero-order valence-electron chi connectivity index (χ0n) is 11.6. The average molecular weight is 283 g/mol. The zero-order valence-corrected chi connectivity index (χ0v) is 11.6. The van der Waals surface area contributed by atoms with Crippen molar-refractivity contribution in [2.45, 2.75) is 19.1 Å². The van der Waals surface area contributed by atoms with E-state index in [1.54, 1.807) is 6.33 Å². The van der Waals surface area contributed by atoms with Crippen LogP contribution < -0.4 is 5.73 Å². The predicted octanol–water partition coefficient (Wildman–Crippen LogP) is 1.54. The molecule has 6 heteroatoms. The summed E-state index contributed by atoms with van der Waals surface area (Å²) in [5.41, 5.74) is 8.12. The normalized spacial score (nSPS) is 17.0. The molecule has 1 unspecified atom stereocenters. The van der Waals surface area contributed by atoms with Crippen molar-refractivity contribution in [2.24, 2.45) is 5.73 Å². The van der Waals surface area contributed by atoms with Crippen LogP contribution in [-0.2, 0) is 13.1 Å². The molecule has 2 aromatic heterocycles. The first-order valence-corrected chi connectivity index (χ1v) is 7.14. The van der Waals surface area contributed by atoms with E-state index in [9.17, 15) is 0 Å². The summed E-state index contributed by atoms with van der Waals surface area (Å²) in [5.74, 6) is 0.993. The zero-order chi connectivity index (χ0) is 14.2. The van der Waals surface area contributed by atoms with Gasteiger partial charge in [-0.2, -0.15) is 0 Å². The Hall–Kier alpha value is -2.18. The van der Waals surface area contributed by atoms with Crippen molar-refractivity contribution in [2.75, 3.05) is 13.1 Å². The molecule has 3 aromatic rings. The lowest BCUT2D eigenvalue weighted by atomic mass is 10.0. The van der Waals surface area contributed by atoms with Crippen molar-refractivity contribution < 1.29 is 4.42 Å². The molecule has 1 aliphatic heterocycles. The summed E-state index contributed by atoms with van der Waals surface area (Å²) in [6, 6.07) is 8.22. The molecule has 6 nitrogen and oxygen atoms in total. The second-order valence-electron chi connectivity index (χ2n) is 5.35. The monoisotopic (exact) mass is 283 g/mol. The van der Waals surface area contributed by atoms with Crippen molar-refractivity contribution in [3.05, 3.63) is 48.2 Å². The van der Waals surface area contributed by atoms with Crippen molar-refractivity contribution >= 4 is 11.0 Å². The molecule has 0 saturated carbocycles. The molecule has 1 aromatic carbocycles. The van der Waals surface area contributed by atoms with Gasteiger partial charge < -0.3 is 14.7 Å². The summed E-state index contributed by atoms with van der Waals surface area (Å²) in [6.07, 6.45) is 3.62. The molecule has 108 valence electrons. The minimum Gasteiger partial charge on any atom is -0.464 e. The summed E-state index contributed by atoms with van der Waals surface area (Å²) < 4.78 is 7.76. The number of nitrogens with two attached hydrogens (primary N) is 1. The summed E-state index contributed by atoms with van der Waals surface area (Å²) in [6.45, 7) is 3.15. The van der Waals surface area contributed by atoms with Gasteiger partial charge in [0.1, 0.15) is 17.7 Å². The Labute approximate surface area is 122 Å². The number of para-hydroxylation sites is 1. The fourth-order valence-electron chi connectivity index (χ4n) is 3.08. The summed E-state index contributed by atoms with van der Waals surface area (Å²) in [5, 5.41) is 9.29. The summed E-state index contributed by atoms with van der Waals surface area (Å²) in [4.78, 5) is 2.35. The lowest BCUT2D eigenvalue weighted by Gasteiger charge is -2.33. The molecular weight excluding hydrogens is 266 g/mol. The fraction of sp³-hybridized carbons (Fsp3) is 0.333. The SMILES string of the molecule is NCC(c1coc2ccccc12)N1CCn2cnnc2C1. The van der Waals surface area contributed by atoms with Crippen LogP contribution in [0, 0.1) is 0 Å². The third-order valence-electron chi connectivity index (χ3n) is 4.20. The smallest absolute Gasteiger partial charge is 0.147 e. The van der Waals surface area contributed by atoms with Gasteiger partial charge in [0.2, 0.25) is 0 Å². The first kappa shape index (κ1) is 12.6. The van der Waals surface area contributed by atoms with Crippen LogP contribution >= 0.6 is 0 Å². The maximum atomic E-state index is 6.05. The highest BCUT2D eigenvalue weighted by molar-refractivity contribution is 5.81. The fourth-order valence-corrected chi connectivity index (χ4v) is 3.08. The molecule has 0 fully saturated rings. The van der Waals surface area contributed by atoms with Gasteiger partial charge in [0.15, 0.2) is 0 Å². The average Bonchev–Trinajstić information content (AvgIpc) is 3.15. The minimum absolute atomic E-state index is 0.138. The van der Waals surface area contributed by atoms with Gasteiger partial charge in [0.05, 0.1) is 18.8 Å². The summed E-state index contributed by atoms with van der Waals surface area (Å²) in [7, 11) is 0. The lowest BCUT2D eigenvalue weighted by Crippen LogP contribution is -2.39. The van der Waals surface area contributed by atoms with Crippen LogP contribution in [0.3, 0.4) is 0 Å². The van der Waals surface area contributed by atoms with Gasteiger partial charge in [-0.15, -0.1) is 10.2 Å². The number of hydrogen-bond donors (Lipinski definition) is 1. The Morgan fingerprint density at radius 1 is 1.29 bits per heavy atom. The Morgan fingerprint density at radius 3 is 3.10 bits per heavy atom. The molecule has 2 N–H and O–H groups in total. The largest absolute Gasteiger partial charge is 0.464 e. The number of rotatable bonds is 3. The second kappa shape index (κ2) is 4.98. The number of fused-ring (bicyclic) bond motifs is 2. The van der Waals surface area contributed by atoms with Crippen LogP contribution in [0.2, 0.25) is 0 Å². The minimum atomic E-state index is 0.138. The maximum absolute atomic E-state index is 6.05. The van der Waals surface area contributed by atoms with E-state index in [0.717, 1.165) is 42.0 Å². The molecule has 1 aliphatic rings. The molecular formula is C15H17N5O. The van der Waals surface area contributed by atoms with Gasteiger partial charge in [-0.25, -0.2) is 0 Å². The Balaban J connectivity index is 1.69. The molecule has 0 aliphatic carbocycles. The van der Waals surface area contributed by atoms with E-state index >= 15 is 0 Å². The Kier molecular flexibility index (Phi) is 2.98. The summed E-state index contributed by atoms with van der Waals surface area (Å²) >= 11 is 0. The van der Waals surface area contributed by atoms with Crippen molar-refractivity contribution in [1.29, 1.82) is 0 Å². The van der Waals surface area contributed by atoms with Gasteiger partial charge in [-0.05, 0) is 6.07 Å². The molecule has 0 amide bonds. The standard InChI is InChI=1S/C15H17N5O/c16-7-13(12-9-21-14-4-2-1-3-11(12)14)19-5-6-20-10-17-18-15(20)8-19/h1-4,9-10,13H,5-8,16H2. The van der Waals surface area contributed by atoms with Gasteiger partial charge in [0, 0.05) is 30.6 Å². The number of aromatic nitrogens is 3. The van der Waals surface area contributed by atoms with Gasteiger partial charge in [-0.1, -0.05) is 18.2 Å². The quantitative estimate of drug-likeness (QED) is 0.789. The first-order chi connectivity index (χ1) is 10.4. The molecule has 0 radical (unpaired) electrons. The van der Waals surface area contributed by atoms with Crippen molar-refractivity contribution in [1.82, 2.24) is 19.7 Å². The molecule has 3 heterocycles. The molecule has 21 heavy (non-hydrogen) atoms. The number of nitrogens with zero attached hydrogens (tertiary/aromatic N) is 4. The van der Waals surface area contributed by atoms with E-state index in [4.69, 9.17) is 10.2 Å². The highest BCUT2D eigenvalue weighted by atomic mass is 16.3. The molecule has 0 bridgehead atoms. The number of benzene rings is 1. The highest BCUT2D eigenvalue weighted by Crippen LogP contribution is 2.31. The maximum Gasteiger partial charge on any atom is 0.147 e. The molecule has 1 atom stereocenters. The van der Waals surface area contributed by atoms with Crippen LogP contribution in [-0.4, -0.2) is 32.8 Å². The van der Waals surface area contributed by atoms with Crippen molar-refractivity contribution in [3.63, 3.8) is 0 Å². The number of furan rings is 1. The Bertz CT molecular complexity index is 762. The lowest BCUT2D eigenvalue weighted by molar-refractivity contribution is 0.156. The van der Waals surface area contributed by atoms with Crippen LogP contribution in [0.5, 0.6) is 0 Å². The van der Waals surface area contributed by atoms with E-state index < -0.39 is 0 Å². The van der Waals surface area contributed by atoms with Crippen LogP contribution in [0.25, 0.3) is 11.0 Å². The van der Waals surface area contributed by atoms with Crippen LogP contribution in [0.1, 0.15) is 17.4 Å².